The van der Waals surface area contributed by atoms with E-state index in [2.05, 4.69) is 82.5 Å². The van der Waals surface area contributed by atoms with Gasteiger partial charge in [0.1, 0.15) is 0 Å². The molecule has 0 aliphatic heterocycles. The van der Waals surface area contributed by atoms with Crippen molar-refractivity contribution in [2.24, 2.45) is 0 Å². The molecule has 0 radical (unpaired) electrons. The number of hydrogen-bond acceptors (Lipinski definition) is 1. The lowest BCUT2D eigenvalue weighted by Gasteiger charge is -2.22. The summed E-state index contributed by atoms with van der Waals surface area (Å²) in [6, 6.07) is 28.9. The maximum atomic E-state index is 14.4. The van der Waals surface area contributed by atoms with Gasteiger partial charge in [-0.1, -0.05) is 90.1 Å². The van der Waals surface area contributed by atoms with Crippen LogP contribution in [0.1, 0.15) is 58.2 Å². The summed E-state index contributed by atoms with van der Waals surface area (Å²) < 4.78 is 45.4. The largest absolute Gasteiger partial charge is 0.416 e. The first-order valence-electron chi connectivity index (χ1n) is 14.2. The Kier molecular flexibility index (Phi) is 6.65. The van der Waals surface area contributed by atoms with Gasteiger partial charge in [-0.15, -0.1) is 11.3 Å². The Morgan fingerprint density at radius 1 is 0.571 bits per heavy atom. The van der Waals surface area contributed by atoms with Gasteiger partial charge in [0, 0.05) is 26.8 Å². The quantitative estimate of drug-likeness (QED) is 0.196. The number of rotatable bonds is 3. The first kappa shape index (κ1) is 28.3. The third-order valence-corrected chi connectivity index (χ3v) is 8.93. The molecule has 0 amide bonds. The number of hydrogen-bond donors (Lipinski definition) is 0. The molecule has 0 bridgehead atoms. The molecule has 0 fully saturated rings. The molecule has 0 spiro atoms. The average molecular weight is 582 g/mol. The molecule has 5 heteroatoms. The molecule has 0 unspecified atom stereocenters. The standard InChI is InChI=1S/C37H34F3NS/c1-35(2,3)24-14-16-31-28(19-24)29-20-25(36(4,5)6)15-17-32(29)41(31)34-27(23-11-8-7-9-12-23)21-26(37(38,39)40)22-30(34)33-13-10-18-42-33/h7-22H,1-6H3. The van der Waals surface area contributed by atoms with Crippen LogP contribution in [-0.4, -0.2) is 4.57 Å². The van der Waals surface area contributed by atoms with Gasteiger partial charge < -0.3 is 4.57 Å². The fourth-order valence-corrected chi connectivity index (χ4v) is 6.44. The van der Waals surface area contributed by atoms with Gasteiger partial charge in [0.15, 0.2) is 0 Å². The van der Waals surface area contributed by atoms with E-state index < -0.39 is 11.7 Å². The van der Waals surface area contributed by atoms with Crippen LogP contribution in [0.4, 0.5) is 13.2 Å². The highest BCUT2D eigenvalue weighted by atomic mass is 32.1. The second-order valence-electron chi connectivity index (χ2n) is 13.1. The van der Waals surface area contributed by atoms with Gasteiger partial charge in [0.05, 0.1) is 22.3 Å². The van der Waals surface area contributed by atoms with E-state index in [1.165, 1.54) is 34.6 Å². The number of alkyl halides is 3. The van der Waals surface area contributed by atoms with Crippen molar-refractivity contribution in [1.29, 1.82) is 0 Å². The highest BCUT2D eigenvalue weighted by molar-refractivity contribution is 7.13. The summed E-state index contributed by atoms with van der Waals surface area (Å²) in [6.07, 6.45) is -4.49. The molecule has 0 atom stereocenters. The summed E-state index contributed by atoms with van der Waals surface area (Å²) in [5.74, 6) is 0. The third-order valence-electron chi connectivity index (χ3n) is 8.03. The predicted octanol–water partition coefficient (Wildman–Crippen LogP) is 11.8. The zero-order chi connectivity index (χ0) is 30.0. The van der Waals surface area contributed by atoms with Crippen molar-refractivity contribution in [3.05, 3.63) is 113 Å². The summed E-state index contributed by atoms with van der Waals surface area (Å²) in [5, 5.41) is 4.11. The van der Waals surface area contributed by atoms with Gasteiger partial charge in [-0.25, -0.2) is 0 Å². The van der Waals surface area contributed by atoms with E-state index in [0.717, 1.165) is 37.9 Å². The molecule has 214 valence electrons. The van der Waals surface area contributed by atoms with Gasteiger partial charge in [-0.2, -0.15) is 13.2 Å². The molecular formula is C37H34F3NS. The second-order valence-corrected chi connectivity index (χ2v) is 14.0. The molecule has 6 aromatic rings. The molecule has 4 aromatic carbocycles. The van der Waals surface area contributed by atoms with Crippen molar-refractivity contribution >= 4 is 33.1 Å². The number of aromatic nitrogens is 1. The molecular weight excluding hydrogens is 547 g/mol. The van der Waals surface area contributed by atoms with E-state index in [4.69, 9.17) is 0 Å². The Labute approximate surface area is 249 Å². The number of thiophene rings is 1. The van der Waals surface area contributed by atoms with E-state index in [1.807, 2.05) is 47.8 Å². The van der Waals surface area contributed by atoms with Crippen molar-refractivity contribution in [2.75, 3.05) is 0 Å². The molecule has 42 heavy (non-hydrogen) atoms. The predicted molar refractivity (Wildman–Crippen MR) is 172 cm³/mol. The van der Waals surface area contributed by atoms with Crippen LogP contribution in [0.25, 0.3) is 49.1 Å². The Balaban J connectivity index is 1.82. The van der Waals surface area contributed by atoms with E-state index >= 15 is 0 Å². The Hall–Kier alpha value is -3.83. The van der Waals surface area contributed by atoms with E-state index in [0.29, 0.717) is 11.1 Å². The summed E-state index contributed by atoms with van der Waals surface area (Å²) in [6.45, 7) is 13.2. The highest BCUT2D eigenvalue weighted by Crippen LogP contribution is 2.46. The van der Waals surface area contributed by atoms with Gasteiger partial charge in [-0.05, 0) is 75.4 Å². The van der Waals surface area contributed by atoms with Crippen LogP contribution in [0, 0.1) is 0 Å². The maximum absolute atomic E-state index is 14.4. The fourth-order valence-electron chi connectivity index (χ4n) is 5.69. The Morgan fingerprint density at radius 2 is 1.12 bits per heavy atom. The summed E-state index contributed by atoms with van der Waals surface area (Å²) in [4.78, 5) is 0.793. The summed E-state index contributed by atoms with van der Waals surface area (Å²) in [7, 11) is 0. The molecule has 2 heterocycles. The SMILES string of the molecule is CC(C)(C)c1ccc2c(c1)c1cc(C(C)(C)C)ccc1n2-c1c(-c2ccccc2)cc(C(F)(F)F)cc1-c1cccs1. The lowest BCUT2D eigenvalue weighted by molar-refractivity contribution is -0.137. The second kappa shape index (κ2) is 9.88. The van der Waals surface area contributed by atoms with Crippen LogP contribution in [0.3, 0.4) is 0 Å². The molecule has 6 rings (SSSR count). The first-order valence-corrected chi connectivity index (χ1v) is 15.1. The lowest BCUT2D eigenvalue weighted by atomic mass is 9.85. The smallest absolute Gasteiger partial charge is 0.308 e. The van der Waals surface area contributed by atoms with Gasteiger partial charge in [-0.3, -0.25) is 0 Å². The number of benzene rings is 4. The molecule has 0 saturated carbocycles. The van der Waals surface area contributed by atoms with Gasteiger partial charge in [0.25, 0.3) is 0 Å². The van der Waals surface area contributed by atoms with Gasteiger partial charge >= 0.3 is 6.18 Å². The monoisotopic (exact) mass is 581 g/mol. The van der Waals surface area contributed by atoms with Crippen molar-refractivity contribution < 1.29 is 13.2 Å². The topological polar surface area (TPSA) is 4.93 Å². The molecule has 1 nitrogen and oxygen atoms in total. The zero-order valence-electron chi connectivity index (χ0n) is 24.7. The van der Waals surface area contributed by atoms with Crippen LogP contribution in [0.2, 0.25) is 0 Å². The summed E-state index contributed by atoms with van der Waals surface area (Å²) in [5.41, 5.74) is 6.20. The molecule has 0 aliphatic carbocycles. The van der Waals surface area contributed by atoms with Crippen LogP contribution in [0.15, 0.2) is 96.4 Å². The summed E-state index contributed by atoms with van der Waals surface area (Å²) >= 11 is 1.45. The third kappa shape index (κ3) is 4.94. The minimum Gasteiger partial charge on any atom is -0.308 e. The maximum Gasteiger partial charge on any atom is 0.416 e. The molecule has 0 N–H and O–H groups in total. The average Bonchev–Trinajstić information content (AvgIpc) is 3.57. The van der Waals surface area contributed by atoms with E-state index in [-0.39, 0.29) is 10.8 Å². The first-order chi connectivity index (χ1) is 19.7. The fraction of sp³-hybridized carbons (Fsp3) is 0.243. The van der Waals surface area contributed by atoms with E-state index in [9.17, 15) is 13.2 Å². The highest BCUT2D eigenvalue weighted by Gasteiger charge is 2.34. The minimum atomic E-state index is -4.49. The van der Waals surface area contributed by atoms with Crippen LogP contribution in [0.5, 0.6) is 0 Å². The molecule has 0 aliphatic rings. The lowest BCUT2D eigenvalue weighted by Crippen LogP contribution is -2.10. The van der Waals surface area contributed by atoms with Crippen LogP contribution >= 0.6 is 11.3 Å². The van der Waals surface area contributed by atoms with Gasteiger partial charge in [0.2, 0.25) is 0 Å². The van der Waals surface area contributed by atoms with Crippen molar-refractivity contribution in [2.45, 2.75) is 58.5 Å². The zero-order valence-corrected chi connectivity index (χ0v) is 25.5. The number of nitrogens with zero attached hydrogens (tertiary/aromatic N) is 1. The minimum absolute atomic E-state index is 0.0596. The Bertz CT molecular complexity index is 1840. The molecule has 0 saturated heterocycles. The van der Waals surface area contributed by atoms with Crippen LogP contribution in [-0.2, 0) is 17.0 Å². The number of halogens is 3. The normalized spacial score (nSPS) is 12.9. The van der Waals surface area contributed by atoms with Crippen molar-refractivity contribution in [3.63, 3.8) is 0 Å². The molecule has 2 aromatic heterocycles. The number of fused-ring (bicyclic) bond motifs is 3. The van der Waals surface area contributed by atoms with Crippen molar-refractivity contribution in [1.82, 2.24) is 4.57 Å². The van der Waals surface area contributed by atoms with Crippen molar-refractivity contribution in [3.8, 4) is 27.3 Å². The van der Waals surface area contributed by atoms with Crippen LogP contribution < -0.4 is 0 Å². The van der Waals surface area contributed by atoms with E-state index in [1.54, 1.807) is 0 Å². The Morgan fingerprint density at radius 3 is 1.60 bits per heavy atom.